The van der Waals surface area contributed by atoms with Crippen molar-refractivity contribution in [2.75, 3.05) is 72.7 Å². The standard InChI is InChI=1S/C19H40O12/c1-2-14(3-20)27-10-18(11-28-15(4-21)5-22)31-19(12-29-16(6-23)7-24)13-30-17(8-25)9-26/h14-26H,2-13H2,1H3. The lowest BCUT2D eigenvalue weighted by molar-refractivity contribution is -0.168. The molecule has 2 atom stereocenters. The summed E-state index contributed by atoms with van der Waals surface area (Å²) in [6.07, 6.45) is -3.76. The molecule has 0 aromatic carbocycles. The van der Waals surface area contributed by atoms with Gasteiger partial charge in [-0.25, -0.2) is 0 Å². The first kappa shape index (κ1) is 30.5. The molecule has 0 aromatic rings. The van der Waals surface area contributed by atoms with E-state index < -0.39 is 76.3 Å². The number of aliphatic hydroxyl groups excluding tert-OH is 7. The quantitative estimate of drug-likeness (QED) is 0.0851. The lowest BCUT2D eigenvalue weighted by Crippen LogP contribution is -2.40. The van der Waals surface area contributed by atoms with Crippen molar-refractivity contribution in [2.24, 2.45) is 0 Å². The molecule has 0 saturated heterocycles. The zero-order chi connectivity index (χ0) is 23.5. The van der Waals surface area contributed by atoms with Crippen LogP contribution in [0.3, 0.4) is 0 Å². The lowest BCUT2D eigenvalue weighted by Gasteiger charge is -2.28. The molecule has 0 spiro atoms. The highest BCUT2D eigenvalue weighted by molar-refractivity contribution is 4.68. The Morgan fingerprint density at radius 1 is 0.419 bits per heavy atom. The van der Waals surface area contributed by atoms with Crippen LogP contribution in [0, 0.1) is 0 Å². The van der Waals surface area contributed by atoms with Gasteiger partial charge in [0.05, 0.1) is 78.8 Å². The van der Waals surface area contributed by atoms with Crippen molar-refractivity contribution in [1.82, 2.24) is 0 Å². The van der Waals surface area contributed by atoms with Crippen LogP contribution in [0.1, 0.15) is 13.3 Å². The predicted octanol–water partition coefficient (Wildman–Crippen LogP) is -3.36. The smallest absolute Gasteiger partial charge is 0.105 e. The molecule has 7 N–H and O–H groups in total. The van der Waals surface area contributed by atoms with E-state index in [1.807, 2.05) is 6.92 Å². The van der Waals surface area contributed by atoms with Crippen molar-refractivity contribution in [3.8, 4) is 0 Å². The first-order valence-corrected chi connectivity index (χ1v) is 10.4. The average molecular weight is 461 g/mol. The molecule has 2 unspecified atom stereocenters. The van der Waals surface area contributed by atoms with Gasteiger partial charge in [0.15, 0.2) is 0 Å². The Hall–Kier alpha value is -0.480. The zero-order valence-electron chi connectivity index (χ0n) is 18.1. The van der Waals surface area contributed by atoms with Crippen molar-refractivity contribution in [3.05, 3.63) is 0 Å². The van der Waals surface area contributed by atoms with Gasteiger partial charge in [-0.05, 0) is 6.42 Å². The van der Waals surface area contributed by atoms with Gasteiger partial charge in [-0.15, -0.1) is 0 Å². The molecule has 12 nitrogen and oxygen atoms in total. The number of ether oxygens (including phenoxy) is 5. The fourth-order valence-electron chi connectivity index (χ4n) is 2.29. The third kappa shape index (κ3) is 14.3. The molecule has 0 bridgehead atoms. The minimum atomic E-state index is -0.824. The molecule has 0 fully saturated rings. The van der Waals surface area contributed by atoms with Gasteiger partial charge in [0, 0.05) is 0 Å². The van der Waals surface area contributed by atoms with E-state index >= 15 is 0 Å². The molecule has 31 heavy (non-hydrogen) atoms. The van der Waals surface area contributed by atoms with Gasteiger partial charge in [0.25, 0.3) is 0 Å². The zero-order valence-corrected chi connectivity index (χ0v) is 18.1. The van der Waals surface area contributed by atoms with Crippen molar-refractivity contribution in [1.29, 1.82) is 0 Å². The predicted molar refractivity (Wildman–Crippen MR) is 108 cm³/mol. The van der Waals surface area contributed by atoms with E-state index in [1.54, 1.807) is 0 Å². The normalized spacial score (nSPS) is 14.3. The molecule has 0 radical (unpaired) electrons. The molecular formula is C19H40O12. The maximum atomic E-state index is 9.32. The van der Waals surface area contributed by atoms with Crippen LogP contribution in [0.4, 0.5) is 0 Å². The Labute approximate surface area is 182 Å². The highest BCUT2D eigenvalue weighted by Gasteiger charge is 2.23. The van der Waals surface area contributed by atoms with Crippen LogP contribution in [0.5, 0.6) is 0 Å². The minimum absolute atomic E-state index is 0.0198. The summed E-state index contributed by atoms with van der Waals surface area (Å²) in [5, 5.41) is 64.4. The first-order valence-electron chi connectivity index (χ1n) is 10.4. The SMILES string of the molecule is CCC(CO)OCC(COC(CO)CO)OC(COC(CO)CO)COC(CO)CO. The second-order valence-electron chi connectivity index (χ2n) is 6.89. The molecular weight excluding hydrogens is 420 g/mol. The van der Waals surface area contributed by atoms with E-state index in [2.05, 4.69) is 0 Å². The van der Waals surface area contributed by atoms with Gasteiger partial charge in [0.2, 0.25) is 0 Å². The monoisotopic (exact) mass is 460 g/mol. The van der Waals surface area contributed by atoms with Gasteiger partial charge >= 0.3 is 0 Å². The highest BCUT2D eigenvalue weighted by atomic mass is 16.6. The molecule has 0 aliphatic rings. The van der Waals surface area contributed by atoms with E-state index in [-0.39, 0.29) is 33.0 Å². The molecule has 0 aromatic heterocycles. The van der Waals surface area contributed by atoms with Crippen LogP contribution in [0.25, 0.3) is 0 Å². The van der Waals surface area contributed by atoms with Gasteiger partial charge in [-0.3, -0.25) is 0 Å². The summed E-state index contributed by atoms with van der Waals surface area (Å²) in [6.45, 7) is -0.954. The van der Waals surface area contributed by atoms with Crippen molar-refractivity contribution >= 4 is 0 Å². The fourth-order valence-corrected chi connectivity index (χ4v) is 2.29. The first-order chi connectivity index (χ1) is 15.0. The minimum Gasteiger partial charge on any atom is -0.394 e. The van der Waals surface area contributed by atoms with E-state index in [1.165, 1.54) is 0 Å². The Balaban J connectivity index is 5.12. The molecule has 0 saturated carbocycles. The molecule has 0 amide bonds. The third-order valence-corrected chi connectivity index (χ3v) is 4.34. The Morgan fingerprint density at radius 3 is 0.903 bits per heavy atom. The Kier molecular flexibility index (Phi) is 19.8. The van der Waals surface area contributed by atoms with Crippen molar-refractivity contribution in [3.63, 3.8) is 0 Å². The second kappa shape index (κ2) is 20.1. The Bertz CT molecular complexity index is 307. The summed E-state index contributed by atoms with van der Waals surface area (Å²) in [6, 6.07) is 0. The molecule has 0 rings (SSSR count). The van der Waals surface area contributed by atoms with E-state index in [4.69, 9.17) is 23.7 Å². The van der Waals surface area contributed by atoms with Crippen LogP contribution in [-0.4, -0.2) is 145 Å². The van der Waals surface area contributed by atoms with Crippen LogP contribution >= 0.6 is 0 Å². The van der Waals surface area contributed by atoms with Gasteiger partial charge in [-0.2, -0.15) is 0 Å². The van der Waals surface area contributed by atoms with Crippen molar-refractivity contribution < 1.29 is 59.4 Å². The number of rotatable bonds is 22. The summed E-state index contributed by atoms with van der Waals surface area (Å²) in [5.41, 5.74) is 0. The van der Waals surface area contributed by atoms with E-state index in [0.717, 1.165) is 0 Å². The Morgan fingerprint density at radius 2 is 0.677 bits per heavy atom. The second-order valence-corrected chi connectivity index (χ2v) is 6.89. The molecule has 12 heteroatoms. The molecule has 0 aliphatic carbocycles. The number of hydrogen-bond donors (Lipinski definition) is 7. The van der Waals surface area contributed by atoms with E-state index in [9.17, 15) is 35.7 Å². The average Bonchev–Trinajstić information content (AvgIpc) is 2.80. The maximum absolute atomic E-state index is 9.32. The fraction of sp³-hybridized carbons (Fsp3) is 1.00. The summed E-state index contributed by atoms with van der Waals surface area (Å²) < 4.78 is 27.8. The van der Waals surface area contributed by atoms with Crippen LogP contribution in [0.2, 0.25) is 0 Å². The van der Waals surface area contributed by atoms with Crippen LogP contribution in [-0.2, 0) is 23.7 Å². The molecule has 188 valence electrons. The van der Waals surface area contributed by atoms with Crippen molar-refractivity contribution in [2.45, 2.75) is 50.0 Å². The van der Waals surface area contributed by atoms with E-state index in [0.29, 0.717) is 6.42 Å². The summed E-state index contributed by atoms with van der Waals surface area (Å²) >= 11 is 0. The molecule has 0 aliphatic heterocycles. The highest BCUT2D eigenvalue weighted by Crippen LogP contribution is 2.09. The summed E-state index contributed by atoms with van der Waals surface area (Å²) in [5.74, 6) is 0. The van der Waals surface area contributed by atoms with Gasteiger partial charge < -0.3 is 59.4 Å². The number of hydrogen-bond acceptors (Lipinski definition) is 12. The van der Waals surface area contributed by atoms with Crippen LogP contribution in [0.15, 0.2) is 0 Å². The van der Waals surface area contributed by atoms with Crippen LogP contribution < -0.4 is 0 Å². The van der Waals surface area contributed by atoms with Gasteiger partial charge in [-0.1, -0.05) is 6.92 Å². The van der Waals surface area contributed by atoms with Gasteiger partial charge in [0.1, 0.15) is 30.5 Å². The molecule has 0 heterocycles. The maximum Gasteiger partial charge on any atom is 0.105 e. The summed E-state index contributed by atoms with van der Waals surface area (Å²) in [4.78, 5) is 0. The largest absolute Gasteiger partial charge is 0.394 e. The summed E-state index contributed by atoms with van der Waals surface area (Å²) in [7, 11) is 0. The lowest BCUT2D eigenvalue weighted by atomic mass is 10.3. The topological polar surface area (TPSA) is 188 Å². The third-order valence-electron chi connectivity index (χ3n) is 4.34. The number of aliphatic hydroxyl groups is 7.